The summed E-state index contributed by atoms with van der Waals surface area (Å²) < 4.78 is 0. The average Bonchev–Trinajstić information content (AvgIpc) is 3.15. The summed E-state index contributed by atoms with van der Waals surface area (Å²) in [6.07, 6.45) is 4.71. The molecule has 1 atom stereocenters. The van der Waals surface area contributed by atoms with E-state index in [0.29, 0.717) is 28.8 Å². The fourth-order valence-corrected chi connectivity index (χ4v) is 5.22. The van der Waals surface area contributed by atoms with Crippen LogP contribution in [0.2, 0.25) is 0 Å². The number of piperidine rings is 1. The Kier molecular flexibility index (Phi) is 6.88. The molecule has 4 rings (SSSR count). The minimum Gasteiger partial charge on any atom is -0.477 e. The standard InChI is InChI=1S/C23H29N5O3S/c1-2-5-14-12-18(27-22-19(14)20(24)21(32-22)23(30)31)28-10-7-15(8-11-28)26-13-17(29)16-6-3-4-9-25-16/h3-4,6,9,12,15,17,26,29H,2,5,7-8,10-11,13,24H2,1H3,(H,30,31). The van der Waals surface area contributed by atoms with Crippen molar-refractivity contribution in [3.8, 4) is 0 Å². The first-order valence-electron chi connectivity index (χ1n) is 11.0. The van der Waals surface area contributed by atoms with Crippen molar-refractivity contribution < 1.29 is 15.0 Å². The number of carboxylic acid groups (broad SMARTS) is 1. The van der Waals surface area contributed by atoms with Crippen LogP contribution in [0.25, 0.3) is 10.2 Å². The van der Waals surface area contributed by atoms with E-state index >= 15 is 0 Å². The Balaban J connectivity index is 1.43. The van der Waals surface area contributed by atoms with E-state index in [-0.39, 0.29) is 4.88 Å². The molecule has 9 heteroatoms. The molecule has 0 aromatic carbocycles. The van der Waals surface area contributed by atoms with Crippen LogP contribution < -0.4 is 16.0 Å². The van der Waals surface area contributed by atoms with Gasteiger partial charge in [0, 0.05) is 37.3 Å². The van der Waals surface area contributed by atoms with Gasteiger partial charge in [-0.3, -0.25) is 4.98 Å². The minimum absolute atomic E-state index is 0.163. The molecule has 5 N–H and O–H groups in total. The number of aliphatic hydroxyl groups is 1. The number of aliphatic hydroxyl groups excluding tert-OH is 1. The Morgan fingerprint density at radius 1 is 1.38 bits per heavy atom. The van der Waals surface area contributed by atoms with E-state index in [1.54, 1.807) is 6.20 Å². The van der Waals surface area contributed by atoms with Crippen molar-refractivity contribution in [3.63, 3.8) is 0 Å². The summed E-state index contributed by atoms with van der Waals surface area (Å²) in [5.74, 6) is -0.125. The predicted molar refractivity (Wildman–Crippen MR) is 127 cm³/mol. The van der Waals surface area contributed by atoms with E-state index in [4.69, 9.17) is 10.7 Å². The van der Waals surface area contributed by atoms with E-state index in [1.165, 1.54) is 0 Å². The van der Waals surface area contributed by atoms with Gasteiger partial charge in [0.25, 0.3) is 0 Å². The van der Waals surface area contributed by atoms with Gasteiger partial charge in [0.1, 0.15) is 21.6 Å². The summed E-state index contributed by atoms with van der Waals surface area (Å²) in [4.78, 5) is 23.6. The second-order valence-corrected chi connectivity index (χ2v) is 9.16. The molecule has 0 saturated carbocycles. The highest BCUT2D eigenvalue weighted by atomic mass is 32.1. The van der Waals surface area contributed by atoms with Crippen LogP contribution >= 0.6 is 11.3 Å². The lowest BCUT2D eigenvalue weighted by atomic mass is 10.0. The van der Waals surface area contributed by atoms with Crippen molar-refractivity contribution in [2.24, 2.45) is 0 Å². The highest BCUT2D eigenvalue weighted by Gasteiger charge is 2.24. The third-order valence-electron chi connectivity index (χ3n) is 5.93. The summed E-state index contributed by atoms with van der Waals surface area (Å²) >= 11 is 1.15. The SMILES string of the molecule is CCCc1cc(N2CCC(NCC(O)c3ccccn3)CC2)nc2sc(C(=O)O)c(N)c12. The second-order valence-electron chi connectivity index (χ2n) is 8.16. The molecular weight excluding hydrogens is 426 g/mol. The Hall–Kier alpha value is -2.75. The Labute approximate surface area is 191 Å². The van der Waals surface area contributed by atoms with Gasteiger partial charge in [-0.05, 0) is 43.0 Å². The number of nitrogen functional groups attached to an aromatic ring is 1. The molecule has 3 aromatic rings. The number of carboxylic acids is 1. The Morgan fingerprint density at radius 2 is 2.16 bits per heavy atom. The monoisotopic (exact) mass is 455 g/mol. The van der Waals surface area contributed by atoms with Gasteiger partial charge in [0.2, 0.25) is 0 Å². The molecule has 1 saturated heterocycles. The van der Waals surface area contributed by atoms with E-state index in [1.807, 2.05) is 18.2 Å². The first-order chi connectivity index (χ1) is 15.5. The van der Waals surface area contributed by atoms with Crippen LogP contribution in [0.5, 0.6) is 0 Å². The summed E-state index contributed by atoms with van der Waals surface area (Å²) in [6, 6.07) is 7.93. The molecule has 0 aliphatic carbocycles. The maximum Gasteiger partial charge on any atom is 0.348 e. The van der Waals surface area contributed by atoms with Crippen molar-refractivity contribution in [1.82, 2.24) is 15.3 Å². The summed E-state index contributed by atoms with van der Waals surface area (Å²) in [5.41, 5.74) is 8.23. The largest absolute Gasteiger partial charge is 0.477 e. The zero-order valence-electron chi connectivity index (χ0n) is 18.1. The van der Waals surface area contributed by atoms with Crippen LogP contribution in [0.1, 0.15) is 53.2 Å². The molecule has 8 nitrogen and oxygen atoms in total. The minimum atomic E-state index is -1.01. The van der Waals surface area contributed by atoms with Crippen LogP contribution in [0, 0.1) is 0 Å². The number of thiophene rings is 1. The molecule has 1 aliphatic heterocycles. The third-order valence-corrected chi connectivity index (χ3v) is 7.02. The smallest absolute Gasteiger partial charge is 0.348 e. The molecule has 0 radical (unpaired) electrons. The quantitative estimate of drug-likeness (QED) is 0.408. The summed E-state index contributed by atoms with van der Waals surface area (Å²) in [7, 11) is 0. The molecular formula is C23H29N5O3S. The third kappa shape index (κ3) is 4.69. The molecule has 1 aliphatic rings. The lowest BCUT2D eigenvalue weighted by Gasteiger charge is -2.34. The summed E-state index contributed by atoms with van der Waals surface area (Å²) in [6.45, 7) is 4.25. The molecule has 0 bridgehead atoms. The van der Waals surface area contributed by atoms with Gasteiger partial charge < -0.3 is 26.2 Å². The number of aromatic nitrogens is 2. The lowest BCUT2D eigenvalue weighted by Crippen LogP contribution is -2.44. The number of aromatic carboxylic acids is 1. The van der Waals surface area contributed by atoms with Crippen molar-refractivity contribution in [2.45, 2.75) is 44.8 Å². The highest BCUT2D eigenvalue weighted by molar-refractivity contribution is 7.21. The van der Waals surface area contributed by atoms with Crippen molar-refractivity contribution in [1.29, 1.82) is 0 Å². The fourth-order valence-electron chi connectivity index (χ4n) is 4.24. The van der Waals surface area contributed by atoms with Gasteiger partial charge in [-0.15, -0.1) is 11.3 Å². The van der Waals surface area contributed by atoms with Gasteiger partial charge in [-0.2, -0.15) is 0 Å². The van der Waals surface area contributed by atoms with Gasteiger partial charge in [-0.25, -0.2) is 9.78 Å². The zero-order valence-corrected chi connectivity index (χ0v) is 18.9. The maximum absolute atomic E-state index is 11.5. The molecule has 170 valence electrons. The van der Waals surface area contributed by atoms with Crippen molar-refractivity contribution in [2.75, 3.05) is 30.3 Å². The zero-order chi connectivity index (χ0) is 22.7. The van der Waals surface area contributed by atoms with E-state index in [9.17, 15) is 15.0 Å². The first kappa shape index (κ1) is 22.4. The van der Waals surface area contributed by atoms with Crippen molar-refractivity contribution in [3.05, 3.63) is 46.6 Å². The van der Waals surface area contributed by atoms with Gasteiger partial charge in [-0.1, -0.05) is 19.4 Å². The number of nitrogens with one attached hydrogen (secondary N) is 1. The Bertz CT molecular complexity index is 1080. The number of pyridine rings is 2. The van der Waals surface area contributed by atoms with Crippen LogP contribution in [0.15, 0.2) is 30.5 Å². The number of rotatable bonds is 8. The number of nitrogens with zero attached hydrogens (tertiary/aromatic N) is 3. The molecule has 0 spiro atoms. The number of anilines is 2. The molecule has 32 heavy (non-hydrogen) atoms. The van der Waals surface area contributed by atoms with Gasteiger partial charge in [0.05, 0.1) is 11.4 Å². The fraction of sp³-hybridized carbons (Fsp3) is 0.435. The number of fused-ring (bicyclic) bond motifs is 1. The number of hydrogen-bond donors (Lipinski definition) is 4. The maximum atomic E-state index is 11.5. The van der Waals surface area contributed by atoms with Crippen LogP contribution in [0.4, 0.5) is 11.5 Å². The van der Waals surface area contributed by atoms with Crippen LogP contribution in [0.3, 0.4) is 0 Å². The highest BCUT2D eigenvalue weighted by Crippen LogP contribution is 2.37. The average molecular weight is 456 g/mol. The second kappa shape index (κ2) is 9.81. The van der Waals surface area contributed by atoms with Crippen LogP contribution in [-0.2, 0) is 6.42 Å². The molecule has 3 aromatic heterocycles. The predicted octanol–water partition coefficient (Wildman–Crippen LogP) is 3.22. The van der Waals surface area contributed by atoms with E-state index < -0.39 is 12.1 Å². The van der Waals surface area contributed by atoms with Gasteiger partial charge in [0.15, 0.2) is 0 Å². The Morgan fingerprint density at radius 3 is 2.81 bits per heavy atom. The molecule has 0 amide bonds. The molecule has 1 fully saturated rings. The molecule has 1 unspecified atom stereocenters. The number of nitrogens with two attached hydrogens (primary N) is 1. The number of hydrogen-bond acceptors (Lipinski definition) is 8. The number of aryl methyl sites for hydroxylation is 1. The normalized spacial score (nSPS) is 15.9. The van der Waals surface area contributed by atoms with Gasteiger partial charge >= 0.3 is 5.97 Å². The van der Waals surface area contributed by atoms with Crippen LogP contribution in [-0.4, -0.2) is 51.8 Å². The van der Waals surface area contributed by atoms with E-state index in [0.717, 1.165) is 66.9 Å². The first-order valence-corrected chi connectivity index (χ1v) is 11.8. The topological polar surface area (TPSA) is 125 Å². The molecule has 4 heterocycles. The summed E-state index contributed by atoms with van der Waals surface area (Å²) in [5, 5.41) is 24.0. The van der Waals surface area contributed by atoms with Crippen molar-refractivity contribution >= 4 is 39.0 Å². The van der Waals surface area contributed by atoms with E-state index in [2.05, 4.69) is 28.2 Å². The number of carbonyl (C=O) groups is 1. The lowest BCUT2D eigenvalue weighted by molar-refractivity contribution is 0.0703.